The van der Waals surface area contributed by atoms with E-state index in [4.69, 9.17) is 18.9 Å². The van der Waals surface area contributed by atoms with Gasteiger partial charge >= 0.3 is 23.9 Å². The van der Waals surface area contributed by atoms with Crippen LogP contribution in [-0.2, 0) is 38.1 Å². The van der Waals surface area contributed by atoms with E-state index in [9.17, 15) is 19.2 Å². The van der Waals surface area contributed by atoms with Crippen molar-refractivity contribution >= 4 is 23.9 Å². The summed E-state index contributed by atoms with van der Waals surface area (Å²) >= 11 is 0. The van der Waals surface area contributed by atoms with Crippen LogP contribution in [0.25, 0.3) is 0 Å². The maximum Gasteiger partial charge on any atom is 0.311 e. The molecule has 8 heteroatoms. The third-order valence-electron chi connectivity index (χ3n) is 15.5. The van der Waals surface area contributed by atoms with E-state index in [0.29, 0.717) is 35.5 Å². The fraction of sp³-hybridized carbons (Fsp3) is 0.913. The molecule has 8 nitrogen and oxygen atoms in total. The Balaban J connectivity index is 0.000000208. The fourth-order valence-electron chi connectivity index (χ4n) is 10.7. The van der Waals surface area contributed by atoms with Crippen molar-refractivity contribution in [3.63, 3.8) is 0 Å². The van der Waals surface area contributed by atoms with Crippen LogP contribution in [0.5, 0.6) is 0 Å². The molecule has 0 heterocycles. The Morgan fingerprint density at radius 3 is 1.85 bits per heavy atom. The summed E-state index contributed by atoms with van der Waals surface area (Å²) < 4.78 is 23.6. The van der Waals surface area contributed by atoms with Crippen molar-refractivity contribution in [1.29, 1.82) is 0 Å². The molecule has 10 unspecified atom stereocenters. The average molecular weight is 757 g/mol. The Morgan fingerprint density at radius 1 is 0.611 bits per heavy atom. The van der Waals surface area contributed by atoms with Gasteiger partial charge in [-0.2, -0.15) is 0 Å². The maximum absolute atomic E-state index is 13.1. The number of rotatable bonds is 11. The second kappa shape index (κ2) is 17.2. The second-order valence-corrected chi connectivity index (χ2v) is 20.6. The van der Waals surface area contributed by atoms with Gasteiger partial charge in [-0.1, -0.05) is 27.2 Å². The molecule has 0 aliphatic heterocycles. The number of esters is 4. The van der Waals surface area contributed by atoms with Gasteiger partial charge in [-0.25, -0.2) is 0 Å². The molecule has 0 aromatic carbocycles. The highest BCUT2D eigenvalue weighted by Crippen LogP contribution is 2.62. The normalized spacial score (nSPS) is 34.4. The van der Waals surface area contributed by atoms with E-state index in [1.54, 1.807) is 0 Å². The molecule has 0 aromatic heterocycles. The second-order valence-electron chi connectivity index (χ2n) is 20.6. The molecule has 2 bridgehead atoms. The van der Waals surface area contributed by atoms with Crippen LogP contribution in [0, 0.1) is 58.2 Å². The lowest BCUT2D eigenvalue weighted by atomic mass is 9.67. The molecule has 0 saturated heterocycles. The van der Waals surface area contributed by atoms with E-state index in [0.717, 1.165) is 96.3 Å². The van der Waals surface area contributed by atoms with E-state index in [1.807, 2.05) is 62.3 Å². The first-order valence-electron chi connectivity index (χ1n) is 22.2. The van der Waals surface area contributed by atoms with Gasteiger partial charge in [0.05, 0.1) is 22.7 Å². The van der Waals surface area contributed by atoms with Crippen molar-refractivity contribution in [2.75, 3.05) is 0 Å². The molecule has 0 aromatic rings. The molecule has 6 aliphatic rings. The summed E-state index contributed by atoms with van der Waals surface area (Å²) in [5, 5.41) is 0. The minimum Gasteiger partial charge on any atom is -0.462 e. The lowest BCUT2D eigenvalue weighted by Crippen LogP contribution is -2.40. The van der Waals surface area contributed by atoms with E-state index in [-0.39, 0.29) is 59.1 Å². The molecule has 0 amide bonds. The number of fused-ring (bicyclic) bond motifs is 6. The lowest BCUT2D eigenvalue weighted by molar-refractivity contribution is -0.171. The molecule has 0 radical (unpaired) electrons. The van der Waals surface area contributed by atoms with Gasteiger partial charge in [0.25, 0.3) is 0 Å². The predicted molar refractivity (Wildman–Crippen MR) is 210 cm³/mol. The lowest BCUT2D eigenvalue weighted by Gasteiger charge is -2.42. The summed E-state index contributed by atoms with van der Waals surface area (Å²) in [6.45, 7) is 20.1. The summed E-state index contributed by atoms with van der Waals surface area (Å²) in [7, 11) is 0. The molecule has 6 saturated carbocycles. The SMILES string of the molecule is CCC(C)(C)C(=O)OC1CC2CC1C1CCC(C(=O)OC3(C)CCCCC3)C21.CCC(C)(C)OC(=O)C1CCC2CC(OC(=O)C(C)(C)CC)CCC2C1. The molecule has 54 heavy (non-hydrogen) atoms. The fourth-order valence-corrected chi connectivity index (χ4v) is 10.7. The van der Waals surface area contributed by atoms with Gasteiger partial charge in [-0.15, -0.1) is 0 Å². The monoisotopic (exact) mass is 757 g/mol. The first kappa shape index (κ1) is 43.0. The van der Waals surface area contributed by atoms with Crippen molar-refractivity contribution in [3.05, 3.63) is 0 Å². The van der Waals surface area contributed by atoms with Gasteiger partial charge in [0.1, 0.15) is 23.4 Å². The molecular formula is C46H76O8. The van der Waals surface area contributed by atoms with E-state index in [1.165, 1.54) is 19.3 Å². The number of carbonyl (C=O) groups excluding carboxylic acids is 4. The number of hydrogen-bond donors (Lipinski definition) is 0. The standard InChI is InChI=1S/C24H38O4.C22H38O4/c1-5-23(2,3)22(26)27-19-14-15-13-18(19)16-9-10-17(20(15)16)21(25)28-24(4)11-7-6-8-12-24;1-7-21(3,4)20(24)25-18-12-11-15-13-17(10-9-16(15)14-18)19(23)26-22(5,6)8-2/h15-20H,5-14H2,1-4H3;15-18H,7-14H2,1-6H3. The smallest absolute Gasteiger partial charge is 0.311 e. The number of ether oxygens (including phenoxy) is 4. The predicted octanol–water partition coefficient (Wildman–Crippen LogP) is 10.6. The quantitative estimate of drug-likeness (QED) is 0.152. The largest absolute Gasteiger partial charge is 0.462 e. The zero-order valence-corrected chi connectivity index (χ0v) is 35.8. The highest BCUT2D eigenvalue weighted by atomic mass is 16.6. The van der Waals surface area contributed by atoms with Gasteiger partial charge < -0.3 is 18.9 Å². The molecule has 0 spiro atoms. The van der Waals surface area contributed by atoms with Crippen molar-refractivity contribution in [2.24, 2.45) is 58.2 Å². The molecule has 6 aliphatic carbocycles. The molecule has 0 N–H and O–H groups in total. The van der Waals surface area contributed by atoms with Crippen LogP contribution < -0.4 is 0 Å². The van der Waals surface area contributed by atoms with Crippen molar-refractivity contribution in [2.45, 2.75) is 208 Å². The van der Waals surface area contributed by atoms with Crippen molar-refractivity contribution in [3.8, 4) is 0 Å². The summed E-state index contributed by atoms with van der Waals surface area (Å²) in [6, 6.07) is 0. The Morgan fingerprint density at radius 2 is 1.22 bits per heavy atom. The Hall–Kier alpha value is -2.12. The van der Waals surface area contributed by atoms with Crippen molar-refractivity contribution < 1.29 is 38.1 Å². The third kappa shape index (κ3) is 9.87. The average Bonchev–Trinajstić information content (AvgIpc) is 3.85. The van der Waals surface area contributed by atoms with Crippen LogP contribution in [-0.4, -0.2) is 47.3 Å². The maximum atomic E-state index is 13.1. The molecule has 10 atom stereocenters. The summed E-state index contributed by atoms with van der Waals surface area (Å²) in [5.41, 5.74) is -1.41. The third-order valence-corrected chi connectivity index (χ3v) is 15.5. The van der Waals surface area contributed by atoms with E-state index >= 15 is 0 Å². The highest BCUT2D eigenvalue weighted by Gasteiger charge is 2.60. The minimum absolute atomic E-state index is 0.0199. The zero-order chi connectivity index (χ0) is 39.6. The molecule has 308 valence electrons. The highest BCUT2D eigenvalue weighted by molar-refractivity contribution is 5.77. The van der Waals surface area contributed by atoms with Crippen LogP contribution in [0.15, 0.2) is 0 Å². The zero-order valence-electron chi connectivity index (χ0n) is 35.8. The van der Waals surface area contributed by atoms with E-state index in [2.05, 4.69) is 6.92 Å². The molecular weight excluding hydrogens is 680 g/mol. The molecule has 6 rings (SSSR count). The van der Waals surface area contributed by atoms with Gasteiger partial charge in [0.15, 0.2) is 0 Å². The first-order valence-corrected chi connectivity index (χ1v) is 22.2. The Labute approximate surface area is 327 Å². The van der Waals surface area contributed by atoms with Gasteiger partial charge in [0.2, 0.25) is 0 Å². The topological polar surface area (TPSA) is 105 Å². The van der Waals surface area contributed by atoms with Crippen LogP contribution in [0.3, 0.4) is 0 Å². The van der Waals surface area contributed by atoms with Crippen LogP contribution >= 0.6 is 0 Å². The first-order chi connectivity index (χ1) is 25.3. The van der Waals surface area contributed by atoms with Gasteiger partial charge in [-0.05, 0) is 193 Å². The van der Waals surface area contributed by atoms with Crippen LogP contribution in [0.4, 0.5) is 0 Å². The van der Waals surface area contributed by atoms with Gasteiger partial charge in [0, 0.05) is 0 Å². The summed E-state index contributed by atoms with van der Waals surface area (Å²) in [4.78, 5) is 50.5. The van der Waals surface area contributed by atoms with Gasteiger partial charge in [-0.3, -0.25) is 19.2 Å². The minimum atomic E-state index is -0.404. The van der Waals surface area contributed by atoms with E-state index < -0.39 is 10.8 Å². The molecule has 6 fully saturated rings. The summed E-state index contributed by atoms with van der Waals surface area (Å²) in [6.07, 6.45) is 18.1. The Bertz CT molecular complexity index is 1330. The Kier molecular flexibility index (Phi) is 13.7. The van der Waals surface area contributed by atoms with Crippen LogP contribution in [0.2, 0.25) is 0 Å². The van der Waals surface area contributed by atoms with Crippen molar-refractivity contribution in [1.82, 2.24) is 0 Å². The number of hydrogen-bond acceptors (Lipinski definition) is 8. The number of carbonyl (C=O) groups is 4. The summed E-state index contributed by atoms with van der Waals surface area (Å²) in [5.74, 6) is 3.16. The van der Waals surface area contributed by atoms with Crippen LogP contribution in [0.1, 0.15) is 185 Å².